The highest BCUT2D eigenvalue weighted by Gasteiger charge is 2.26. The third-order valence-corrected chi connectivity index (χ3v) is 2.92. The van der Waals surface area contributed by atoms with Gasteiger partial charge in [-0.2, -0.15) is 4.98 Å². The molecule has 0 unspecified atom stereocenters. The number of aromatic nitrogens is 2. The van der Waals surface area contributed by atoms with Crippen LogP contribution in [0.4, 0.5) is 5.82 Å². The average molecular weight is 265 g/mol. The minimum Gasteiger partial charge on any atom is -0.480 e. The molecular weight excluding hydrogens is 246 g/mol. The van der Waals surface area contributed by atoms with E-state index in [4.69, 9.17) is 9.84 Å². The van der Waals surface area contributed by atoms with Crippen LogP contribution in [0.5, 0.6) is 5.88 Å². The second kappa shape index (κ2) is 5.86. The molecule has 104 valence electrons. The largest absolute Gasteiger partial charge is 0.480 e. The van der Waals surface area contributed by atoms with Gasteiger partial charge >= 0.3 is 5.97 Å². The lowest BCUT2D eigenvalue weighted by Crippen LogP contribution is -2.32. The number of carbonyl (C=O) groups is 1. The molecule has 1 heterocycles. The van der Waals surface area contributed by atoms with Gasteiger partial charge in [-0.05, 0) is 32.6 Å². The van der Waals surface area contributed by atoms with Gasteiger partial charge in [-0.1, -0.05) is 0 Å². The first-order valence-electron chi connectivity index (χ1n) is 6.53. The van der Waals surface area contributed by atoms with E-state index in [9.17, 15) is 4.79 Å². The van der Waals surface area contributed by atoms with Crippen molar-refractivity contribution in [1.82, 2.24) is 9.97 Å². The van der Waals surface area contributed by atoms with Crippen LogP contribution in [0.2, 0.25) is 0 Å². The Morgan fingerprint density at radius 2 is 2.26 bits per heavy atom. The first-order chi connectivity index (χ1) is 9.08. The second-order valence-corrected chi connectivity index (χ2v) is 4.76. The van der Waals surface area contributed by atoms with Crippen LogP contribution >= 0.6 is 0 Å². The summed E-state index contributed by atoms with van der Waals surface area (Å²) in [7, 11) is 0. The van der Waals surface area contributed by atoms with E-state index in [0.29, 0.717) is 30.0 Å². The maximum atomic E-state index is 11.0. The zero-order valence-electron chi connectivity index (χ0n) is 11.3. The summed E-state index contributed by atoms with van der Waals surface area (Å²) in [6.07, 6.45) is 2.33. The summed E-state index contributed by atoms with van der Waals surface area (Å²) in [5, 5.41) is 9.00. The lowest BCUT2D eigenvalue weighted by atomic mass is 10.3. The first-order valence-corrected chi connectivity index (χ1v) is 6.53. The van der Waals surface area contributed by atoms with E-state index in [-0.39, 0.29) is 6.54 Å². The summed E-state index contributed by atoms with van der Waals surface area (Å²) in [4.78, 5) is 21.2. The summed E-state index contributed by atoms with van der Waals surface area (Å²) in [5.41, 5.74) is 0. The van der Waals surface area contributed by atoms with E-state index >= 15 is 0 Å². The highest BCUT2D eigenvalue weighted by atomic mass is 16.5. The highest BCUT2D eigenvalue weighted by Crippen LogP contribution is 2.31. The number of rotatable bonds is 7. The Kier molecular flexibility index (Phi) is 4.19. The molecule has 1 aliphatic rings. The fourth-order valence-corrected chi connectivity index (χ4v) is 1.92. The van der Waals surface area contributed by atoms with Crippen LogP contribution in [0.25, 0.3) is 0 Å². The molecule has 2 rings (SSSR count). The van der Waals surface area contributed by atoms with E-state index in [1.807, 2.05) is 6.92 Å². The van der Waals surface area contributed by atoms with Gasteiger partial charge in [0, 0.05) is 12.6 Å². The molecule has 1 saturated carbocycles. The van der Waals surface area contributed by atoms with Crippen LogP contribution < -0.4 is 9.64 Å². The van der Waals surface area contributed by atoms with Gasteiger partial charge in [-0.3, -0.25) is 4.79 Å². The van der Waals surface area contributed by atoms with Crippen LogP contribution in [0.1, 0.15) is 25.6 Å². The lowest BCUT2D eigenvalue weighted by Gasteiger charge is -2.22. The number of hydrogen-bond donors (Lipinski definition) is 1. The Labute approximate surface area is 112 Å². The first kappa shape index (κ1) is 13.6. The van der Waals surface area contributed by atoms with Crippen LogP contribution in [0.15, 0.2) is 6.07 Å². The lowest BCUT2D eigenvalue weighted by molar-refractivity contribution is -0.135. The normalized spacial score (nSPS) is 14.2. The molecule has 6 heteroatoms. The van der Waals surface area contributed by atoms with Gasteiger partial charge in [0.25, 0.3) is 0 Å². The molecule has 6 nitrogen and oxygen atoms in total. The second-order valence-electron chi connectivity index (χ2n) is 4.76. The molecule has 0 aliphatic heterocycles. The topological polar surface area (TPSA) is 75.5 Å². The number of carboxylic acids is 1. The number of ether oxygens (including phenoxy) is 1. The number of hydrogen-bond acceptors (Lipinski definition) is 5. The molecule has 0 radical (unpaired) electrons. The third-order valence-electron chi connectivity index (χ3n) is 2.92. The summed E-state index contributed by atoms with van der Waals surface area (Å²) >= 11 is 0. The van der Waals surface area contributed by atoms with Gasteiger partial charge in [-0.25, -0.2) is 4.98 Å². The Morgan fingerprint density at radius 1 is 1.53 bits per heavy atom. The molecule has 19 heavy (non-hydrogen) atoms. The maximum Gasteiger partial charge on any atom is 0.323 e. The van der Waals surface area contributed by atoms with Crippen LogP contribution in [-0.4, -0.2) is 40.7 Å². The van der Waals surface area contributed by atoms with Crippen molar-refractivity contribution < 1.29 is 14.6 Å². The Morgan fingerprint density at radius 3 is 2.84 bits per heavy atom. The zero-order chi connectivity index (χ0) is 13.8. The minimum atomic E-state index is -0.852. The van der Waals surface area contributed by atoms with Gasteiger partial charge in [0.15, 0.2) is 0 Å². The summed E-state index contributed by atoms with van der Waals surface area (Å²) in [5.74, 6) is 1.45. The molecule has 1 N–H and O–H groups in total. The van der Waals surface area contributed by atoms with Gasteiger partial charge in [0.1, 0.15) is 18.2 Å². The molecule has 0 amide bonds. The summed E-state index contributed by atoms with van der Waals surface area (Å²) < 4.78 is 5.38. The third kappa shape index (κ3) is 4.08. The molecule has 1 aliphatic carbocycles. The smallest absolute Gasteiger partial charge is 0.323 e. The average Bonchev–Trinajstić information content (AvgIpc) is 3.11. The molecular formula is C13H19N3O3. The Balaban J connectivity index is 2.20. The van der Waals surface area contributed by atoms with Crippen molar-refractivity contribution in [1.29, 1.82) is 0 Å². The summed E-state index contributed by atoms with van der Waals surface area (Å²) in [6.45, 7) is 4.88. The number of carboxylic acid groups (broad SMARTS) is 1. The van der Waals surface area contributed by atoms with E-state index in [0.717, 1.165) is 6.54 Å². The van der Waals surface area contributed by atoms with Gasteiger partial charge < -0.3 is 14.7 Å². The predicted octanol–water partition coefficient (Wildman–Crippen LogP) is 1.48. The Hall–Kier alpha value is -1.85. The monoisotopic (exact) mass is 265 g/mol. The van der Waals surface area contributed by atoms with Crippen molar-refractivity contribution in [3.05, 3.63) is 11.9 Å². The quantitative estimate of drug-likeness (QED) is 0.805. The number of aliphatic carboxylic acids is 1. The maximum absolute atomic E-state index is 11.0. The van der Waals surface area contributed by atoms with Crippen LogP contribution in [-0.2, 0) is 4.79 Å². The molecule has 0 saturated heterocycles. The van der Waals surface area contributed by atoms with Crippen molar-refractivity contribution in [2.75, 3.05) is 24.6 Å². The molecule has 1 aromatic rings. The van der Waals surface area contributed by atoms with Crippen molar-refractivity contribution in [3.63, 3.8) is 0 Å². The van der Waals surface area contributed by atoms with Crippen LogP contribution in [0, 0.1) is 12.8 Å². The van der Waals surface area contributed by atoms with Gasteiger partial charge in [0.2, 0.25) is 5.88 Å². The van der Waals surface area contributed by atoms with Crippen molar-refractivity contribution in [2.45, 2.75) is 26.7 Å². The Bertz CT molecular complexity index is 460. The molecule has 0 aromatic carbocycles. The fraction of sp³-hybridized carbons (Fsp3) is 0.615. The molecule has 1 aromatic heterocycles. The van der Waals surface area contributed by atoms with Gasteiger partial charge in [-0.15, -0.1) is 0 Å². The van der Waals surface area contributed by atoms with Crippen molar-refractivity contribution >= 4 is 11.8 Å². The molecule has 0 bridgehead atoms. The minimum absolute atomic E-state index is 0.0431. The highest BCUT2D eigenvalue weighted by molar-refractivity contribution is 5.73. The SMILES string of the molecule is CCOc1cc(N(CC(=O)O)CC2CC2)nc(C)n1. The van der Waals surface area contributed by atoms with E-state index in [1.165, 1.54) is 12.8 Å². The predicted molar refractivity (Wildman–Crippen MR) is 70.5 cm³/mol. The van der Waals surface area contributed by atoms with Crippen molar-refractivity contribution in [2.24, 2.45) is 5.92 Å². The van der Waals surface area contributed by atoms with E-state index < -0.39 is 5.97 Å². The van der Waals surface area contributed by atoms with E-state index in [2.05, 4.69) is 9.97 Å². The van der Waals surface area contributed by atoms with Crippen LogP contribution in [0.3, 0.4) is 0 Å². The summed E-state index contributed by atoms with van der Waals surface area (Å²) in [6, 6.07) is 1.71. The zero-order valence-corrected chi connectivity index (χ0v) is 11.3. The van der Waals surface area contributed by atoms with Gasteiger partial charge in [0.05, 0.1) is 6.61 Å². The number of anilines is 1. The van der Waals surface area contributed by atoms with E-state index in [1.54, 1.807) is 17.9 Å². The number of aryl methyl sites for hydroxylation is 1. The molecule has 1 fully saturated rings. The van der Waals surface area contributed by atoms with Crippen molar-refractivity contribution in [3.8, 4) is 5.88 Å². The standard InChI is InChI=1S/C13H19N3O3/c1-3-19-12-6-11(14-9(2)15-12)16(8-13(17)18)7-10-4-5-10/h6,10H,3-5,7-8H2,1-2H3,(H,17,18). The number of nitrogens with zero attached hydrogens (tertiary/aromatic N) is 3. The molecule has 0 spiro atoms. The molecule has 0 atom stereocenters. The fourth-order valence-electron chi connectivity index (χ4n) is 1.92.